The van der Waals surface area contributed by atoms with Crippen LogP contribution in [0.15, 0.2) is 0 Å². The molecule has 0 aromatic heterocycles. The minimum absolute atomic E-state index is 0.0700. The highest BCUT2D eigenvalue weighted by atomic mass is 16.5. The Morgan fingerprint density at radius 3 is 2.38 bits per heavy atom. The topological polar surface area (TPSA) is 50.7 Å². The van der Waals surface area contributed by atoms with Gasteiger partial charge in [0.05, 0.1) is 33.0 Å². The Morgan fingerprint density at radius 2 is 1.85 bits per heavy atom. The Kier molecular flexibility index (Phi) is 9.80. The van der Waals surface area contributed by atoms with Crippen molar-refractivity contribution in [1.82, 2.24) is 5.32 Å². The zero-order valence-electron chi connectivity index (χ0n) is 8.29. The van der Waals surface area contributed by atoms with Gasteiger partial charge in [0.25, 0.3) is 0 Å². The number of hydrogen-bond donors (Lipinski definition) is 2. The second-order valence-corrected chi connectivity index (χ2v) is 2.80. The van der Waals surface area contributed by atoms with Crippen LogP contribution in [0.5, 0.6) is 0 Å². The molecule has 0 rings (SSSR count). The van der Waals surface area contributed by atoms with E-state index < -0.39 is 0 Å². The van der Waals surface area contributed by atoms with Crippen LogP contribution in [0.4, 0.5) is 0 Å². The van der Waals surface area contributed by atoms with Gasteiger partial charge < -0.3 is 19.9 Å². The van der Waals surface area contributed by atoms with Crippen molar-refractivity contribution >= 4 is 0 Å². The Hall–Kier alpha value is -0.160. The molecular formula is C9H20NO3. The SMILES string of the molecule is [CH2]C(C)NCCOCCOCCO. The molecule has 1 atom stereocenters. The fraction of sp³-hybridized carbons (Fsp3) is 0.889. The summed E-state index contributed by atoms with van der Waals surface area (Å²) in [4.78, 5) is 0. The molecule has 0 aromatic rings. The van der Waals surface area contributed by atoms with Gasteiger partial charge in [0.2, 0.25) is 0 Å². The van der Waals surface area contributed by atoms with Gasteiger partial charge in [0.15, 0.2) is 0 Å². The van der Waals surface area contributed by atoms with Crippen LogP contribution in [0.1, 0.15) is 6.92 Å². The Labute approximate surface area is 80.2 Å². The maximum atomic E-state index is 8.39. The summed E-state index contributed by atoms with van der Waals surface area (Å²) in [6, 6.07) is 0.259. The van der Waals surface area contributed by atoms with Crippen molar-refractivity contribution in [3.63, 3.8) is 0 Å². The van der Waals surface area contributed by atoms with Crippen LogP contribution in [-0.2, 0) is 9.47 Å². The van der Waals surface area contributed by atoms with Crippen molar-refractivity contribution < 1.29 is 14.6 Å². The average molecular weight is 190 g/mol. The summed E-state index contributed by atoms with van der Waals surface area (Å²) < 4.78 is 10.2. The molecule has 0 aromatic carbocycles. The number of aliphatic hydroxyl groups excluding tert-OH is 1. The minimum Gasteiger partial charge on any atom is -0.394 e. The molecule has 2 N–H and O–H groups in total. The maximum Gasteiger partial charge on any atom is 0.0701 e. The summed E-state index contributed by atoms with van der Waals surface area (Å²) in [6.07, 6.45) is 0. The van der Waals surface area contributed by atoms with Crippen molar-refractivity contribution in [2.75, 3.05) is 39.6 Å². The molecule has 0 bridgehead atoms. The highest BCUT2D eigenvalue weighted by Gasteiger charge is 1.92. The summed E-state index contributed by atoms with van der Waals surface area (Å²) in [5, 5.41) is 11.5. The smallest absolute Gasteiger partial charge is 0.0701 e. The first-order valence-corrected chi connectivity index (χ1v) is 4.60. The fourth-order valence-corrected chi connectivity index (χ4v) is 0.764. The Morgan fingerprint density at radius 1 is 1.23 bits per heavy atom. The van der Waals surface area contributed by atoms with Crippen molar-refractivity contribution in [2.24, 2.45) is 0 Å². The lowest BCUT2D eigenvalue weighted by molar-refractivity contribution is 0.0338. The highest BCUT2D eigenvalue weighted by molar-refractivity contribution is 4.60. The van der Waals surface area contributed by atoms with Crippen LogP contribution in [0.3, 0.4) is 0 Å². The summed E-state index contributed by atoms with van der Waals surface area (Å²) in [7, 11) is 0. The zero-order valence-corrected chi connectivity index (χ0v) is 8.29. The number of hydrogen-bond acceptors (Lipinski definition) is 4. The molecule has 0 saturated carbocycles. The maximum absolute atomic E-state index is 8.39. The van der Waals surface area contributed by atoms with Crippen molar-refractivity contribution in [3.8, 4) is 0 Å². The molecule has 0 spiro atoms. The van der Waals surface area contributed by atoms with Crippen LogP contribution >= 0.6 is 0 Å². The van der Waals surface area contributed by atoms with Crippen LogP contribution < -0.4 is 5.32 Å². The predicted octanol–water partition coefficient (Wildman–Crippen LogP) is -0.176. The molecule has 1 unspecified atom stereocenters. The molecule has 0 saturated heterocycles. The van der Waals surface area contributed by atoms with Gasteiger partial charge in [-0.3, -0.25) is 0 Å². The predicted molar refractivity (Wildman–Crippen MR) is 51.5 cm³/mol. The first kappa shape index (κ1) is 12.8. The van der Waals surface area contributed by atoms with Crippen LogP contribution in [0.25, 0.3) is 0 Å². The molecular weight excluding hydrogens is 170 g/mol. The average Bonchev–Trinajstić information content (AvgIpc) is 2.09. The van der Waals surface area contributed by atoms with E-state index in [2.05, 4.69) is 12.2 Å². The number of ether oxygens (including phenoxy) is 2. The summed E-state index contributed by atoms with van der Waals surface area (Å²) in [5.74, 6) is 0. The van der Waals surface area contributed by atoms with E-state index in [0.717, 1.165) is 6.54 Å². The third-order valence-corrected chi connectivity index (χ3v) is 1.35. The molecule has 4 nitrogen and oxygen atoms in total. The van der Waals surface area contributed by atoms with Gasteiger partial charge in [-0.05, 0) is 13.8 Å². The summed E-state index contributed by atoms with van der Waals surface area (Å²) in [6.45, 7) is 8.82. The summed E-state index contributed by atoms with van der Waals surface area (Å²) in [5.41, 5.74) is 0. The number of nitrogens with one attached hydrogen (secondary N) is 1. The first-order chi connectivity index (χ1) is 6.27. The second kappa shape index (κ2) is 9.92. The van der Waals surface area contributed by atoms with E-state index in [1.807, 2.05) is 6.92 Å². The van der Waals surface area contributed by atoms with E-state index in [-0.39, 0.29) is 12.6 Å². The quantitative estimate of drug-likeness (QED) is 0.495. The molecule has 0 fully saturated rings. The number of rotatable bonds is 9. The molecule has 0 aliphatic carbocycles. The molecule has 0 aliphatic rings. The largest absolute Gasteiger partial charge is 0.394 e. The van der Waals surface area contributed by atoms with Crippen LogP contribution in [0.2, 0.25) is 0 Å². The van der Waals surface area contributed by atoms with Crippen molar-refractivity contribution in [3.05, 3.63) is 6.92 Å². The lowest BCUT2D eigenvalue weighted by atomic mass is 10.4. The third kappa shape index (κ3) is 11.8. The molecule has 79 valence electrons. The van der Waals surface area contributed by atoms with E-state index in [0.29, 0.717) is 26.4 Å². The third-order valence-electron chi connectivity index (χ3n) is 1.35. The van der Waals surface area contributed by atoms with Gasteiger partial charge in [-0.1, -0.05) is 0 Å². The second-order valence-electron chi connectivity index (χ2n) is 2.80. The van der Waals surface area contributed by atoms with Gasteiger partial charge in [0, 0.05) is 12.6 Å². The normalized spacial score (nSPS) is 11.1. The van der Waals surface area contributed by atoms with Gasteiger partial charge >= 0.3 is 0 Å². The molecule has 0 heterocycles. The monoisotopic (exact) mass is 190 g/mol. The fourth-order valence-electron chi connectivity index (χ4n) is 0.764. The van der Waals surface area contributed by atoms with Gasteiger partial charge in [-0.25, -0.2) is 0 Å². The van der Waals surface area contributed by atoms with Gasteiger partial charge in [-0.2, -0.15) is 0 Å². The summed E-state index contributed by atoms with van der Waals surface area (Å²) >= 11 is 0. The lowest BCUT2D eigenvalue weighted by Gasteiger charge is -2.08. The molecule has 1 radical (unpaired) electrons. The van der Waals surface area contributed by atoms with Gasteiger partial charge in [-0.15, -0.1) is 0 Å². The zero-order chi connectivity index (χ0) is 9.94. The standard InChI is InChI=1S/C9H20NO3/c1-9(2)10-3-5-12-7-8-13-6-4-11/h9-11H,1,3-8H2,2H3. The van der Waals surface area contributed by atoms with E-state index in [1.54, 1.807) is 0 Å². The van der Waals surface area contributed by atoms with E-state index >= 15 is 0 Å². The van der Waals surface area contributed by atoms with Crippen LogP contribution in [-0.4, -0.2) is 50.7 Å². The minimum atomic E-state index is 0.0700. The lowest BCUT2D eigenvalue weighted by Crippen LogP contribution is -2.27. The molecule has 0 amide bonds. The van der Waals surface area contributed by atoms with E-state index in [9.17, 15) is 0 Å². The Bertz CT molecular complexity index is 98.9. The van der Waals surface area contributed by atoms with Gasteiger partial charge in [0.1, 0.15) is 0 Å². The van der Waals surface area contributed by atoms with E-state index in [1.165, 1.54) is 0 Å². The highest BCUT2D eigenvalue weighted by Crippen LogP contribution is 1.79. The number of aliphatic hydroxyl groups is 1. The molecule has 13 heavy (non-hydrogen) atoms. The van der Waals surface area contributed by atoms with Crippen molar-refractivity contribution in [2.45, 2.75) is 13.0 Å². The first-order valence-electron chi connectivity index (χ1n) is 4.60. The Balaban J connectivity index is 2.84. The van der Waals surface area contributed by atoms with Crippen LogP contribution in [0, 0.1) is 6.92 Å². The van der Waals surface area contributed by atoms with E-state index in [4.69, 9.17) is 14.6 Å². The van der Waals surface area contributed by atoms with Crippen molar-refractivity contribution in [1.29, 1.82) is 0 Å². The molecule has 0 aliphatic heterocycles. The molecule has 4 heteroatoms.